The zero-order valence-corrected chi connectivity index (χ0v) is 22.4. The molecule has 1 aliphatic rings. The van der Waals surface area contributed by atoms with Gasteiger partial charge in [0.15, 0.2) is 5.82 Å². The van der Waals surface area contributed by atoms with Crippen LogP contribution in [0.25, 0.3) is 21.7 Å². The Morgan fingerprint density at radius 2 is 1.74 bits per heavy atom. The first-order valence-corrected chi connectivity index (χ1v) is 14.0. The maximum atomic E-state index is 13.0. The van der Waals surface area contributed by atoms with Crippen LogP contribution < -0.4 is 5.32 Å². The van der Waals surface area contributed by atoms with E-state index in [9.17, 15) is 4.79 Å². The van der Waals surface area contributed by atoms with Gasteiger partial charge < -0.3 is 19.6 Å². The van der Waals surface area contributed by atoms with Crippen molar-refractivity contribution in [1.29, 1.82) is 0 Å². The van der Waals surface area contributed by atoms with Crippen molar-refractivity contribution < 1.29 is 9.53 Å². The molecule has 1 saturated heterocycles. The fraction of sp³-hybridized carbons (Fsp3) is 0.344. The summed E-state index contributed by atoms with van der Waals surface area (Å²) in [6.07, 6.45) is 6.36. The Bertz CT molecular complexity index is 1570. The zero-order chi connectivity index (χ0) is 26.6. The van der Waals surface area contributed by atoms with Gasteiger partial charge >= 0.3 is 0 Å². The molecule has 0 saturated carbocycles. The molecule has 0 spiro atoms. The minimum Gasteiger partial charge on any atom is -0.381 e. The number of aryl methyl sites for hydroxylation is 2. The SMILES string of the molecule is C[C@@H](NC(=O)C1CCOCC1)c1nnc(CCCc2c[nH]c3ccccc23)n1Cc1cccc2ccccc12. The topological polar surface area (TPSA) is 84.8 Å². The van der Waals surface area contributed by atoms with Crippen LogP contribution in [-0.2, 0) is 28.9 Å². The molecule has 0 radical (unpaired) electrons. The van der Waals surface area contributed by atoms with E-state index in [-0.39, 0.29) is 17.9 Å². The standard InChI is InChI=1S/C32H35N5O2/c1-22(34-32(38)24-16-18-39-19-17-24)31-36-35-30(15-7-10-25-20-33-29-14-5-4-13-28(25)29)37(31)21-26-11-6-9-23-8-2-3-12-27(23)26/h2-6,8-9,11-14,20,22,24,33H,7,10,15-19,21H2,1H3,(H,34,38)/t22-/m1/s1. The lowest BCUT2D eigenvalue weighted by Gasteiger charge is -2.23. The highest BCUT2D eigenvalue weighted by atomic mass is 16.5. The van der Waals surface area contributed by atoms with Crippen LogP contribution >= 0.6 is 0 Å². The second kappa shape index (κ2) is 11.4. The number of benzene rings is 3. The van der Waals surface area contributed by atoms with Crippen molar-refractivity contribution in [2.75, 3.05) is 13.2 Å². The number of carbonyl (C=O) groups is 1. The lowest BCUT2D eigenvalue weighted by molar-refractivity contribution is -0.128. The average Bonchev–Trinajstić information content (AvgIpc) is 3.58. The number of rotatable bonds is 9. The van der Waals surface area contributed by atoms with Gasteiger partial charge in [-0.05, 0) is 60.6 Å². The molecule has 1 atom stereocenters. The lowest BCUT2D eigenvalue weighted by Crippen LogP contribution is -2.36. The van der Waals surface area contributed by atoms with E-state index in [1.54, 1.807) is 0 Å². The molecule has 0 aliphatic carbocycles. The van der Waals surface area contributed by atoms with Crippen LogP contribution in [0.4, 0.5) is 0 Å². The van der Waals surface area contributed by atoms with E-state index in [0.717, 1.165) is 43.8 Å². The van der Waals surface area contributed by atoms with Crippen LogP contribution in [0.15, 0.2) is 72.9 Å². The van der Waals surface area contributed by atoms with Gasteiger partial charge in [0, 0.05) is 42.7 Å². The number of amides is 1. The van der Waals surface area contributed by atoms with Crippen molar-refractivity contribution in [3.63, 3.8) is 0 Å². The fourth-order valence-electron chi connectivity index (χ4n) is 5.76. The molecule has 1 fully saturated rings. The van der Waals surface area contributed by atoms with E-state index in [4.69, 9.17) is 4.74 Å². The number of nitrogens with one attached hydrogen (secondary N) is 2. The number of para-hydroxylation sites is 1. The van der Waals surface area contributed by atoms with Gasteiger partial charge in [-0.15, -0.1) is 10.2 Å². The summed E-state index contributed by atoms with van der Waals surface area (Å²) in [6.45, 7) is 3.95. The summed E-state index contributed by atoms with van der Waals surface area (Å²) in [5.74, 6) is 1.81. The normalized spacial score (nSPS) is 15.1. The number of hydrogen-bond acceptors (Lipinski definition) is 4. The van der Waals surface area contributed by atoms with Gasteiger partial charge in [-0.2, -0.15) is 0 Å². The summed E-state index contributed by atoms with van der Waals surface area (Å²) in [4.78, 5) is 16.4. The number of H-pyrrole nitrogens is 1. The summed E-state index contributed by atoms with van der Waals surface area (Å²) in [7, 11) is 0. The lowest BCUT2D eigenvalue weighted by atomic mass is 9.99. The van der Waals surface area contributed by atoms with E-state index >= 15 is 0 Å². The van der Waals surface area contributed by atoms with Crippen molar-refractivity contribution in [2.45, 2.75) is 51.6 Å². The molecule has 1 aliphatic heterocycles. The molecule has 0 bridgehead atoms. The van der Waals surface area contributed by atoms with Gasteiger partial charge in [-0.1, -0.05) is 60.7 Å². The van der Waals surface area contributed by atoms with Crippen LogP contribution in [0.1, 0.15) is 55.0 Å². The van der Waals surface area contributed by atoms with Gasteiger partial charge in [0.2, 0.25) is 5.91 Å². The second-order valence-electron chi connectivity index (χ2n) is 10.5. The number of ether oxygens (including phenoxy) is 1. The zero-order valence-electron chi connectivity index (χ0n) is 22.4. The number of fused-ring (bicyclic) bond motifs is 2. The third kappa shape index (κ3) is 5.45. The minimum absolute atomic E-state index is 0.00807. The highest BCUT2D eigenvalue weighted by Gasteiger charge is 2.26. The van der Waals surface area contributed by atoms with Gasteiger partial charge in [0.25, 0.3) is 0 Å². The molecule has 6 rings (SSSR count). The summed E-state index contributed by atoms with van der Waals surface area (Å²) >= 11 is 0. The Kier molecular flexibility index (Phi) is 7.41. The Morgan fingerprint density at radius 1 is 0.974 bits per heavy atom. The van der Waals surface area contributed by atoms with Gasteiger partial charge in [0.1, 0.15) is 5.82 Å². The summed E-state index contributed by atoms with van der Waals surface area (Å²) in [6, 6.07) is 23.1. The number of aromatic nitrogens is 4. The maximum Gasteiger partial charge on any atom is 0.223 e. The van der Waals surface area contributed by atoms with Gasteiger partial charge in [-0.3, -0.25) is 4.79 Å². The van der Waals surface area contributed by atoms with Gasteiger partial charge in [0.05, 0.1) is 12.6 Å². The second-order valence-corrected chi connectivity index (χ2v) is 10.5. The molecule has 3 heterocycles. The van der Waals surface area contributed by atoms with Crippen molar-refractivity contribution in [1.82, 2.24) is 25.1 Å². The number of carbonyl (C=O) groups excluding carboxylic acids is 1. The van der Waals surface area contributed by atoms with Crippen molar-refractivity contribution in [2.24, 2.45) is 5.92 Å². The maximum absolute atomic E-state index is 13.0. The van der Waals surface area contributed by atoms with Crippen LogP contribution in [0.5, 0.6) is 0 Å². The highest BCUT2D eigenvalue weighted by molar-refractivity contribution is 5.85. The molecular weight excluding hydrogens is 486 g/mol. The molecule has 2 aromatic heterocycles. The predicted octanol–water partition coefficient (Wildman–Crippen LogP) is 5.74. The van der Waals surface area contributed by atoms with Crippen molar-refractivity contribution in [3.8, 4) is 0 Å². The van der Waals surface area contributed by atoms with E-state index in [1.165, 1.54) is 32.8 Å². The minimum atomic E-state index is -0.245. The number of aromatic amines is 1. The number of nitrogens with zero attached hydrogens (tertiary/aromatic N) is 3. The molecule has 3 aromatic carbocycles. The smallest absolute Gasteiger partial charge is 0.223 e. The summed E-state index contributed by atoms with van der Waals surface area (Å²) < 4.78 is 7.66. The Balaban J connectivity index is 1.25. The third-order valence-corrected chi connectivity index (χ3v) is 7.92. The first kappa shape index (κ1) is 25.3. The molecule has 7 nitrogen and oxygen atoms in total. The van der Waals surface area contributed by atoms with Crippen molar-refractivity contribution in [3.05, 3.63) is 95.7 Å². The summed E-state index contributed by atoms with van der Waals surface area (Å²) in [5, 5.41) is 16.2. The Morgan fingerprint density at radius 3 is 2.62 bits per heavy atom. The molecule has 39 heavy (non-hydrogen) atoms. The quantitative estimate of drug-likeness (QED) is 0.259. The van der Waals surface area contributed by atoms with Crippen LogP contribution in [-0.4, -0.2) is 38.9 Å². The third-order valence-electron chi connectivity index (χ3n) is 7.92. The largest absolute Gasteiger partial charge is 0.381 e. The Hall–Kier alpha value is -3.97. The summed E-state index contributed by atoms with van der Waals surface area (Å²) in [5.41, 5.74) is 3.71. The predicted molar refractivity (Wildman–Crippen MR) is 153 cm³/mol. The molecule has 1 amide bonds. The molecule has 200 valence electrons. The average molecular weight is 522 g/mol. The van der Waals surface area contributed by atoms with E-state index in [2.05, 4.69) is 98.0 Å². The number of hydrogen-bond donors (Lipinski definition) is 2. The van der Waals surface area contributed by atoms with Gasteiger partial charge in [-0.25, -0.2) is 0 Å². The van der Waals surface area contributed by atoms with E-state index in [0.29, 0.717) is 19.8 Å². The molecule has 2 N–H and O–H groups in total. The van der Waals surface area contributed by atoms with Crippen LogP contribution in [0, 0.1) is 5.92 Å². The van der Waals surface area contributed by atoms with Crippen LogP contribution in [0.3, 0.4) is 0 Å². The van der Waals surface area contributed by atoms with E-state index < -0.39 is 0 Å². The fourth-order valence-corrected chi connectivity index (χ4v) is 5.76. The Labute approximate surface area is 228 Å². The monoisotopic (exact) mass is 521 g/mol. The highest BCUT2D eigenvalue weighted by Crippen LogP contribution is 2.24. The molecular formula is C32H35N5O2. The molecule has 7 heteroatoms. The first-order chi connectivity index (χ1) is 19.2. The van der Waals surface area contributed by atoms with E-state index in [1.807, 2.05) is 6.92 Å². The molecule has 0 unspecified atom stereocenters. The van der Waals surface area contributed by atoms with Crippen LogP contribution in [0.2, 0.25) is 0 Å². The molecule has 5 aromatic rings. The van der Waals surface area contributed by atoms with Crippen molar-refractivity contribution >= 4 is 27.6 Å². The first-order valence-electron chi connectivity index (χ1n) is 14.0.